The van der Waals surface area contributed by atoms with E-state index in [1.807, 2.05) is 0 Å². The Balaban J connectivity index is 2.65. The van der Waals surface area contributed by atoms with Crippen LogP contribution in [0, 0.1) is 5.92 Å². The Morgan fingerprint density at radius 2 is 2.12 bits per heavy atom. The molecule has 1 atom stereocenters. The highest BCUT2D eigenvalue weighted by atomic mass is 16.5. The fourth-order valence-corrected chi connectivity index (χ4v) is 1.86. The second kappa shape index (κ2) is 5.15. The fraction of sp³-hybridized carbons (Fsp3) is 0.917. The molecular weight excluding hydrogens is 206 g/mol. The van der Waals surface area contributed by atoms with Crippen LogP contribution in [0.1, 0.15) is 33.6 Å². The van der Waals surface area contributed by atoms with Crippen molar-refractivity contribution in [1.29, 1.82) is 0 Å². The third-order valence-electron chi connectivity index (χ3n) is 3.12. The zero-order valence-electron chi connectivity index (χ0n) is 10.7. The van der Waals surface area contributed by atoms with Crippen molar-refractivity contribution in [1.82, 2.24) is 4.90 Å². The first kappa shape index (κ1) is 13.5. The topological polar surface area (TPSA) is 49.8 Å². The van der Waals surface area contributed by atoms with E-state index in [9.17, 15) is 9.90 Å². The summed E-state index contributed by atoms with van der Waals surface area (Å²) in [5.74, 6) is 0.395. The van der Waals surface area contributed by atoms with Crippen LogP contribution in [-0.2, 0) is 9.53 Å². The number of amides is 1. The van der Waals surface area contributed by atoms with Gasteiger partial charge in [0.25, 0.3) is 5.91 Å². The molecule has 4 heteroatoms. The highest BCUT2D eigenvalue weighted by Crippen LogP contribution is 2.35. The number of carbonyl (C=O) groups excluding carboxylic acids is 1. The Morgan fingerprint density at radius 1 is 1.56 bits per heavy atom. The van der Waals surface area contributed by atoms with Gasteiger partial charge >= 0.3 is 0 Å². The van der Waals surface area contributed by atoms with E-state index >= 15 is 0 Å². The average molecular weight is 229 g/mol. The van der Waals surface area contributed by atoms with Crippen molar-refractivity contribution in [3.05, 3.63) is 0 Å². The lowest BCUT2D eigenvalue weighted by Gasteiger charge is -2.33. The van der Waals surface area contributed by atoms with Crippen LogP contribution in [0.15, 0.2) is 0 Å². The zero-order valence-corrected chi connectivity index (χ0v) is 10.7. The molecular formula is C12H23NO3. The summed E-state index contributed by atoms with van der Waals surface area (Å²) in [4.78, 5) is 13.8. The monoisotopic (exact) mass is 229 g/mol. The molecule has 1 N–H and O–H groups in total. The molecule has 0 aromatic carbocycles. The first-order chi connectivity index (χ1) is 7.38. The number of methoxy groups -OCH3 is 1. The van der Waals surface area contributed by atoms with E-state index in [-0.39, 0.29) is 11.9 Å². The second-order valence-electron chi connectivity index (χ2n) is 5.13. The van der Waals surface area contributed by atoms with Crippen LogP contribution in [0.5, 0.6) is 0 Å². The Hall–Kier alpha value is -0.610. The smallest absolute Gasteiger partial charge is 0.254 e. The Kier molecular flexibility index (Phi) is 4.33. The second-order valence-corrected chi connectivity index (χ2v) is 5.13. The Morgan fingerprint density at radius 3 is 2.50 bits per heavy atom. The molecule has 0 aromatic heterocycles. The van der Waals surface area contributed by atoms with Gasteiger partial charge in [-0.1, -0.05) is 0 Å². The van der Waals surface area contributed by atoms with Crippen molar-refractivity contribution in [2.24, 2.45) is 5.92 Å². The van der Waals surface area contributed by atoms with Gasteiger partial charge in [-0.15, -0.1) is 0 Å². The van der Waals surface area contributed by atoms with Crippen LogP contribution in [0.3, 0.4) is 0 Å². The van der Waals surface area contributed by atoms with Crippen molar-refractivity contribution in [3.8, 4) is 0 Å². The highest BCUT2D eigenvalue weighted by molar-refractivity contribution is 5.84. The minimum absolute atomic E-state index is 0.203. The van der Waals surface area contributed by atoms with Crippen LogP contribution in [0.2, 0.25) is 0 Å². The quantitative estimate of drug-likeness (QED) is 0.740. The summed E-state index contributed by atoms with van der Waals surface area (Å²) in [6.07, 6.45) is 2.37. The summed E-state index contributed by atoms with van der Waals surface area (Å²) in [5.41, 5.74) is -1.29. The first-order valence-corrected chi connectivity index (χ1v) is 5.90. The number of rotatable bonds is 6. The molecule has 1 rings (SSSR count). The lowest BCUT2D eigenvalue weighted by molar-refractivity contribution is -0.151. The predicted molar refractivity (Wildman–Crippen MR) is 62.1 cm³/mol. The van der Waals surface area contributed by atoms with Gasteiger partial charge in [0, 0.05) is 19.7 Å². The van der Waals surface area contributed by atoms with Crippen LogP contribution in [0.25, 0.3) is 0 Å². The molecule has 0 spiro atoms. The van der Waals surface area contributed by atoms with Gasteiger partial charge in [-0.05, 0) is 39.5 Å². The Bertz CT molecular complexity index is 243. The molecule has 1 amide bonds. The van der Waals surface area contributed by atoms with Gasteiger partial charge in [0.05, 0.1) is 6.61 Å². The summed E-state index contributed by atoms with van der Waals surface area (Å²) in [6, 6.07) is 0.203. The molecule has 0 heterocycles. The molecule has 0 bridgehead atoms. The average Bonchev–Trinajstić information content (AvgIpc) is 2.99. The van der Waals surface area contributed by atoms with Crippen molar-refractivity contribution >= 4 is 5.91 Å². The van der Waals surface area contributed by atoms with Gasteiger partial charge in [0.1, 0.15) is 5.60 Å². The number of hydrogen-bond acceptors (Lipinski definition) is 3. The molecule has 1 saturated carbocycles. The van der Waals surface area contributed by atoms with E-state index in [0.29, 0.717) is 19.1 Å². The number of carbonyl (C=O) groups is 1. The minimum Gasteiger partial charge on any atom is -0.383 e. The van der Waals surface area contributed by atoms with Gasteiger partial charge in [0.15, 0.2) is 0 Å². The van der Waals surface area contributed by atoms with Crippen LogP contribution in [0.4, 0.5) is 0 Å². The summed E-state index contributed by atoms with van der Waals surface area (Å²) in [7, 11) is 1.62. The SMILES string of the molecule is COCCN(C(=O)C(C)(C)O)C(C)C1CC1. The molecule has 1 aliphatic carbocycles. The lowest BCUT2D eigenvalue weighted by Crippen LogP contribution is -2.50. The normalized spacial score (nSPS) is 18.3. The fourth-order valence-electron chi connectivity index (χ4n) is 1.86. The van der Waals surface area contributed by atoms with E-state index in [1.165, 1.54) is 26.7 Å². The standard InChI is InChI=1S/C12H23NO3/c1-9(10-5-6-10)13(7-8-16-4)11(14)12(2,3)15/h9-10,15H,5-8H2,1-4H3. The summed E-state index contributed by atoms with van der Waals surface area (Å²) >= 11 is 0. The maximum Gasteiger partial charge on any atom is 0.254 e. The molecule has 0 saturated heterocycles. The van der Waals surface area contributed by atoms with Gasteiger partial charge < -0.3 is 14.7 Å². The van der Waals surface area contributed by atoms with E-state index in [1.54, 1.807) is 12.0 Å². The molecule has 94 valence electrons. The maximum atomic E-state index is 12.1. The van der Waals surface area contributed by atoms with Crippen LogP contribution >= 0.6 is 0 Å². The van der Waals surface area contributed by atoms with E-state index in [4.69, 9.17) is 4.74 Å². The minimum atomic E-state index is -1.29. The van der Waals surface area contributed by atoms with Crippen molar-refractivity contribution in [2.75, 3.05) is 20.3 Å². The van der Waals surface area contributed by atoms with E-state index < -0.39 is 5.60 Å². The van der Waals surface area contributed by atoms with Gasteiger partial charge in [0.2, 0.25) is 0 Å². The first-order valence-electron chi connectivity index (χ1n) is 5.90. The molecule has 0 radical (unpaired) electrons. The third-order valence-corrected chi connectivity index (χ3v) is 3.12. The molecule has 16 heavy (non-hydrogen) atoms. The van der Waals surface area contributed by atoms with E-state index in [0.717, 1.165) is 0 Å². The molecule has 4 nitrogen and oxygen atoms in total. The van der Waals surface area contributed by atoms with Gasteiger partial charge in [-0.2, -0.15) is 0 Å². The van der Waals surface area contributed by atoms with Gasteiger partial charge in [-0.25, -0.2) is 0 Å². The largest absolute Gasteiger partial charge is 0.383 e. The summed E-state index contributed by atoms with van der Waals surface area (Å²) < 4.78 is 5.01. The molecule has 0 aliphatic heterocycles. The summed E-state index contributed by atoms with van der Waals surface area (Å²) in [5, 5.41) is 9.77. The highest BCUT2D eigenvalue weighted by Gasteiger charge is 2.38. The van der Waals surface area contributed by atoms with Crippen LogP contribution in [-0.4, -0.2) is 47.8 Å². The molecule has 0 aromatic rings. The maximum absolute atomic E-state index is 12.1. The van der Waals surface area contributed by atoms with Crippen LogP contribution < -0.4 is 0 Å². The summed E-state index contributed by atoms with van der Waals surface area (Å²) in [6.45, 7) is 6.19. The number of aliphatic hydroxyl groups is 1. The number of nitrogens with zero attached hydrogens (tertiary/aromatic N) is 1. The predicted octanol–water partition coefficient (Wildman–Crippen LogP) is 1.03. The number of ether oxygens (including phenoxy) is 1. The van der Waals surface area contributed by atoms with Gasteiger partial charge in [-0.3, -0.25) is 4.79 Å². The zero-order chi connectivity index (χ0) is 12.3. The number of hydrogen-bond donors (Lipinski definition) is 1. The molecule has 1 unspecified atom stereocenters. The van der Waals surface area contributed by atoms with Crippen molar-refractivity contribution in [2.45, 2.75) is 45.3 Å². The van der Waals surface area contributed by atoms with Crippen molar-refractivity contribution < 1.29 is 14.6 Å². The third kappa shape index (κ3) is 3.46. The lowest BCUT2D eigenvalue weighted by atomic mass is 10.1. The van der Waals surface area contributed by atoms with E-state index in [2.05, 4.69) is 6.92 Å². The van der Waals surface area contributed by atoms with Crippen molar-refractivity contribution in [3.63, 3.8) is 0 Å². The Labute approximate surface area is 97.6 Å². The molecule has 1 aliphatic rings. The molecule has 1 fully saturated rings.